The van der Waals surface area contributed by atoms with Crippen LogP contribution in [0, 0.1) is 13.8 Å². The first-order valence-electron chi connectivity index (χ1n) is 10.4. The number of carbonyl (C=O) groups is 2. The monoisotopic (exact) mass is 425 g/mol. The van der Waals surface area contributed by atoms with Crippen molar-refractivity contribution in [3.05, 3.63) is 57.9 Å². The number of aryl methyl sites for hydroxylation is 2. The van der Waals surface area contributed by atoms with Crippen LogP contribution in [0.3, 0.4) is 0 Å². The summed E-state index contributed by atoms with van der Waals surface area (Å²) in [5, 5.41) is 15.6. The molecule has 2 heterocycles. The van der Waals surface area contributed by atoms with Crippen molar-refractivity contribution in [2.45, 2.75) is 46.1 Å². The molecule has 1 aromatic heterocycles. The van der Waals surface area contributed by atoms with Crippen LogP contribution in [0.4, 0.5) is 0 Å². The highest BCUT2D eigenvalue weighted by molar-refractivity contribution is 6.46. The summed E-state index contributed by atoms with van der Waals surface area (Å²) in [5.74, 6) is -1.52. The lowest BCUT2D eigenvalue weighted by atomic mass is 9.85. The number of ether oxygens (including phenoxy) is 1. The first kappa shape index (κ1) is 22.7. The lowest BCUT2D eigenvalue weighted by Gasteiger charge is -2.26. The number of aromatic nitrogens is 2. The molecule has 0 aliphatic carbocycles. The van der Waals surface area contributed by atoms with Gasteiger partial charge in [0.1, 0.15) is 5.76 Å². The van der Waals surface area contributed by atoms with Gasteiger partial charge in [-0.05, 0) is 30.4 Å². The van der Waals surface area contributed by atoms with Gasteiger partial charge in [-0.3, -0.25) is 14.3 Å². The Morgan fingerprint density at radius 2 is 1.77 bits per heavy atom. The molecule has 3 rings (SSSR count). The van der Waals surface area contributed by atoms with E-state index in [2.05, 4.69) is 25.9 Å². The van der Waals surface area contributed by atoms with Crippen LogP contribution in [0.15, 0.2) is 29.8 Å². The number of amides is 1. The van der Waals surface area contributed by atoms with Gasteiger partial charge in [-0.15, -0.1) is 0 Å². The summed E-state index contributed by atoms with van der Waals surface area (Å²) in [4.78, 5) is 27.4. The van der Waals surface area contributed by atoms with Gasteiger partial charge in [0, 0.05) is 26.4 Å². The molecule has 1 fully saturated rings. The molecular weight excluding hydrogens is 394 g/mol. The molecule has 0 spiro atoms. The molecule has 0 bridgehead atoms. The molecule has 1 amide bonds. The Balaban J connectivity index is 2.20. The number of hydrogen-bond acceptors (Lipinski definition) is 5. The van der Waals surface area contributed by atoms with Crippen LogP contribution in [0.2, 0.25) is 0 Å². The van der Waals surface area contributed by atoms with Gasteiger partial charge >= 0.3 is 0 Å². The standard InChI is InChI=1S/C24H31N3O4/c1-14-18(15(2)26(6)25-14)21(28)19-20(27(12-13-31-7)23(30)22(19)29)16-8-10-17(11-9-16)24(3,4)5/h8-11,20,28H,12-13H2,1-7H3/b21-19+. The van der Waals surface area contributed by atoms with Gasteiger partial charge in [0.25, 0.3) is 11.7 Å². The molecule has 7 heteroatoms. The largest absolute Gasteiger partial charge is 0.507 e. The van der Waals surface area contributed by atoms with Gasteiger partial charge in [-0.1, -0.05) is 45.0 Å². The van der Waals surface area contributed by atoms with Crippen molar-refractivity contribution in [1.29, 1.82) is 0 Å². The molecule has 2 aromatic rings. The van der Waals surface area contributed by atoms with E-state index in [1.54, 1.807) is 25.8 Å². The molecule has 31 heavy (non-hydrogen) atoms. The van der Waals surface area contributed by atoms with E-state index in [1.165, 1.54) is 4.90 Å². The van der Waals surface area contributed by atoms with E-state index in [0.29, 0.717) is 11.3 Å². The van der Waals surface area contributed by atoms with E-state index < -0.39 is 17.7 Å². The van der Waals surface area contributed by atoms with Gasteiger partial charge in [-0.2, -0.15) is 5.10 Å². The molecule has 1 aliphatic heterocycles. The number of benzene rings is 1. The molecule has 1 aliphatic rings. The molecule has 7 nitrogen and oxygen atoms in total. The Bertz CT molecular complexity index is 1040. The van der Waals surface area contributed by atoms with Gasteiger partial charge < -0.3 is 14.7 Å². The van der Waals surface area contributed by atoms with Crippen molar-refractivity contribution in [3.8, 4) is 0 Å². The first-order chi connectivity index (χ1) is 14.5. The van der Waals surface area contributed by atoms with Crippen LogP contribution in [-0.4, -0.2) is 51.7 Å². The number of rotatable bonds is 5. The Morgan fingerprint density at radius 1 is 1.16 bits per heavy atom. The van der Waals surface area contributed by atoms with Crippen molar-refractivity contribution in [2.75, 3.05) is 20.3 Å². The Morgan fingerprint density at radius 3 is 2.26 bits per heavy atom. The second-order valence-corrected chi connectivity index (χ2v) is 9.03. The molecule has 1 unspecified atom stereocenters. The fourth-order valence-electron chi connectivity index (χ4n) is 4.06. The number of hydrogen-bond donors (Lipinski definition) is 1. The molecule has 1 atom stereocenters. The third-order valence-corrected chi connectivity index (χ3v) is 5.91. The zero-order chi connectivity index (χ0) is 23.1. The molecule has 1 saturated heterocycles. The SMILES string of the molecule is COCCN1C(=O)C(=O)/C(=C(/O)c2c(C)nn(C)c2C)C1c1ccc(C(C)(C)C)cc1. The minimum absolute atomic E-state index is 0.0275. The number of carbonyl (C=O) groups excluding carboxylic acids is 2. The summed E-state index contributed by atoms with van der Waals surface area (Å²) in [6.07, 6.45) is 0. The van der Waals surface area contributed by atoms with Gasteiger partial charge in [0.2, 0.25) is 0 Å². The smallest absolute Gasteiger partial charge is 0.295 e. The maximum atomic E-state index is 13.1. The van der Waals surface area contributed by atoms with Crippen LogP contribution in [0.1, 0.15) is 54.9 Å². The molecule has 1 aromatic carbocycles. The van der Waals surface area contributed by atoms with Gasteiger partial charge in [-0.25, -0.2) is 0 Å². The number of Topliss-reactive ketones (excluding diaryl/α,β-unsaturated/α-hetero) is 1. The van der Waals surface area contributed by atoms with E-state index in [9.17, 15) is 14.7 Å². The summed E-state index contributed by atoms with van der Waals surface area (Å²) in [6.45, 7) is 10.5. The van der Waals surface area contributed by atoms with E-state index in [4.69, 9.17) is 4.74 Å². The van der Waals surface area contributed by atoms with Crippen molar-refractivity contribution in [3.63, 3.8) is 0 Å². The van der Waals surface area contributed by atoms with Gasteiger partial charge in [0.05, 0.1) is 29.5 Å². The summed E-state index contributed by atoms with van der Waals surface area (Å²) in [6, 6.07) is 7.17. The highest BCUT2D eigenvalue weighted by Gasteiger charge is 2.46. The zero-order valence-electron chi connectivity index (χ0n) is 19.3. The molecule has 166 valence electrons. The average Bonchev–Trinajstić information content (AvgIpc) is 3.11. The second kappa shape index (κ2) is 8.30. The third kappa shape index (κ3) is 4.02. The number of aliphatic hydroxyl groups excluding tert-OH is 1. The van der Waals surface area contributed by atoms with Crippen molar-refractivity contribution in [1.82, 2.24) is 14.7 Å². The maximum Gasteiger partial charge on any atom is 0.295 e. The maximum absolute atomic E-state index is 13.1. The van der Waals surface area contributed by atoms with Crippen molar-refractivity contribution >= 4 is 17.4 Å². The predicted molar refractivity (Wildman–Crippen MR) is 119 cm³/mol. The van der Waals surface area contributed by atoms with Crippen LogP contribution >= 0.6 is 0 Å². The number of nitrogens with zero attached hydrogens (tertiary/aromatic N) is 3. The number of likely N-dealkylation sites (tertiary alicyclic amines) is 1. The zero-order valence-corrected chi connectivity index (χ0v) is 19.3. The molecule has 1 N–H and O–H groups in total. The first-order valence-corrected chi connectivity index (χ1v) is 10.4. The van der Waals surface area contributed by atoms with E-state index in [1.807, 2.05) is 31.2 Å². The van der Waals surface area contributed by atoms with E-state index in [0.717, 1.165) is 16.8 Å². The Kier molecular flexibility index (Phi) is 6.09. The lowest BCUT2D eigenvalue weighted by Crippen LogP contribution is -2.32. The highest BCUT2D eigenvalue weighted by Crippen LogP contribution is 2.40. The second-order valence-electron chi connectivity index (χ2n) is 9.03. The Labute approximate surface area is 183 Å². The summed E-state index contributed by atoms with van der Waals surface area (Å²) >= 11 is 0. The number of aliphatic hydroxyl groups is 1. The molecular formula is C24H31N3O4. The van der Waals surface area contributed by atoms with E-state index >= 15 is 0 Å². The van der Waals surface area contributed by atoms with Crippen LogP contribution in [-0.2, 0) is 26.8 Å². The van der Waals surface area contributed by atoms with Crippen LogP contribution in [0.5, 0.6) is 0 Å². The normalized spacial score (nSPS) is 18.8. The minimum atomic E-state index is -0.693. The number of methoxy groups -OCH3 is 1. The van der Waals surface area contributed by atoms with Gasteiger partial charge in [0.15, 0.2) is 0 Å². The fraction of sp³-hybridized carbons (Fsp3) is 0.458. The minimum Gasteiger partial charge on any atom is -0.507 e. The Hall–Kier alpha value is -2.93. The summed E-state index contributed by atoms with van der Waals surface area (Å²) in [5.41, 5.74) is 3.78. The lowest BCUT2D eigenvalue weighted by molar-refractivity contribution is -0.140. The summed E-state index contributed by atoms with van der Waals surface area (Å²) < 4.78 is 6.81. The molecule has 0 saturated carbocycles. The average molecular weight is 426 g/mol. The van der Waals surface area contributed by atoms with E-state index in [-0.39, 0.29) is 29.9 Å². The van der Waals surface area contributed by atoms with Crippen LogP contribution in [0.25, 0.3) is 5.76 Å². The van der Waals surface area contributed by atoms with Crippen molar-refractivity contribution in [2.24, 2.45) is 7.05 Å². The third-order valence-electron chi connectivity index (χ3n) is 5.91. The predicted octanol–water partition coefficient (Wildman–Crippen LogP) is 3.40. The quantitative estimate of drug-likeness (QED) is 0.451. The topological polar surface area (TPSA) is 84.7 Å². The van der Waals surface area contributed by atoms with Crippen LogP contribution < -0.4 is 0 Å². The van der Waals surface area contributed by atoms with Crippen molar-refractivity contribution < 1.29 is 19.4 Å². The fourth-order valence-corrected chi connectivity index (χ4v) is 4.06. The molecule has 0 radical (unpaired) electrons. The number of ketones is 1. The summed E-state index contributed by atoms with van der Waals surface area (Å²) in [7, 11) is 3.32. The highest BCUT2D eigenvalue weighted by atomic mass is 16.5.